The summed E-state index contributed by atoms with van der Waals surface area (Å²) in [5.41, 5.74) is 0.813. The van der Waals surface area contributed by atoms with Gasteiger partial charge in [0.2, 0.25) is 6.10 Å². The van der Waals surface area contributed by atoms with Crippen LogP contribution in [0, 0.1) is 16.0 Å². The molecule has 1 fully saturated rings. The van der Waals surface area contributed by atoms with Gasteiger partial charge < -0.3 is 10.2 Å². The fourth-order valence-electron chi connectivity index (χ4n) is 2.23. The predicted molar refractivity (Wildman–Crippen MR) is 74.9 cm³/mol. The molecule has 0 radical (unpaired) electrons. The van der Waals surface area contributed by atoms with Crippen LogP contribution in [0.5, 0.6) is 0 Å². The molecular formula is C14H15N3O4. The number of oxime groups is 1. The van der Waals surface area contributed by atoms with E-state index in [0.717, 1.165) is 12.8 Å². The number of rotatable bonds is 5. The molecule has 0 saturated heterocycles. The molecule has 1 atom stereocenters. The normalized spacial score (nSPS) is 20.6. The topological polar surface area (TPSA) is 93.8 Å². The Morgan fingerprint density at radius 3 is 2.90 bits per heavy atom. The Kier molecular flexibility index (Phi) is 3.55. The molecule has 7 heteroatoms. The monoisotopic (exact) mass is 289 g/mol. The third-order valence-corrected chi connectivity index (χ3v) is 3.63. The lowest BCUT2D eigenvalue weighted by molar-refractivity contribution is -0.385. The molecule has 1 aliphatic carbocycles. The molecule has 3 rings (SSSR count). The van der Waals surface area contributed by atoms with Gasteiger partial charge in [-0.3, -0.25) is 14.9 Å². The van der Waals surface area contributed by atoms with Gasteiger partial charge >= 0.3 is 0 Å². The first kappa shape index (κ1) is 13.5. The standard InChI is InChI=1S/C14H15N3O4/c18-14(15-8-9-5-6-9)13-7-11(16-21-13)10-3-1-2-4-12(10)17(19)20/h1-4,9,13H,5-8H2,(H,15,18)/t13-/m1/s1. The first-order valence-corrected chi connectivity index (χ1v) is 6.89. The molecule has 1 aromatic carbocycles. The first-order chi connectivity index (χ1) is 10.1. The largest absolute Gasteiger partial charge is 0.382 e. The van der Waals surface area contributed by atoms with E-state index in [1.54, 1.807) is 18.2 Å². The summed E-state index contributed by atoms with van der Waals surface area (Å²) in [5, 5.41) is 17.7. The number of carbonyl (C=O) groups is 1. The first-order valence-electron chi connectivity index (χ1n) is 6.89. The van der Waals surface area contributed by atoms with Crippen molar-refractivity contribution in [2.75, 3.05) is 6.54 Å². The van der Waals surface area contributed by atoms with E-state index in [1.807, 2.05) is 0 Å². The number of amides is 1. The number of nitro benzene ring substituents is 1. The Morgan fingerprint density at radius 2 is 2.19 bits per heavy atom. The quantitative estimate of drug-likeness (QED) is 0.658. The van der Waals surface area contributed by atoms with E-state index in [9.17, 15) is 14.9 Å². The molecule has 7 nitrogen and oxygen atoms in total. The van der Waals surface area contributed by atoms with Crippen molar-refractivity contribution in [2.45, 2.75) is 25.4 Å². The highest BCUT2D eigenvalue weighted by atomic mass is 16.6. The second kappa shape index (κ2) is 5.51. The molecular weight excluding hydrogens is 274 g/mol. The second-order valence-electron chi connectivity index (χ2n) is 5.30. The maximum absolute atomic E-state index is 11.9. The molecule has 0 unspecified atom stereocenters. The SMILES string of the molecule is O=C(NCC1CC1)[C@H]1CC(c2ccccc2[N+](=O)[O-])=NO1. The van der Waals surface area contributed by atoms with Gasteiger partial charge in [-0.1, -0.05) is 17.3 Å². The van der Waals surface area contributed by atoms with Gasteiger partial charge in [0.25, 0.3) is 11.6 Å². The lowest BCUT2D eigenvalue weighted by Gasteiger charge is -2.08. The maximum atomic E-state index is 11.9. The van der Waals surface area contributed by atoms with Gasteiger partial charge in [-0.25, -0.2) is 0 Å². The highest BCUT2D eigenvalue weighted by Crippen LogP contribution is 2.28. The molecule has 1 saturated carbocycles. The summed E-state index contributed by atoms with van der Waals surface area (Å²) in [5.74, 6) is 0.380. The average molecular weight is 289 g/mol. The Bertz CT molecular complexity index is 610. The van der Waals surface area contributed by atoms with Crippen LogP contribution >= 0.6 is 0 Å². The molecule has 2 aliphatic rings. The Balaban J connectivity index is 1.66. The number of hydrogen-bond donors (Lipinski definition) is 1. The van der Waals surface area contributed by atoms with Gasteiger partial charge in [0, 0.05) is 19.0 Å². The third kappa shape index (κ3) is 3.01. The smallest absolute Gasteiger partial charge is 0.278 e. The summed E-state index contributed by atoms with van der Waals surface area (Å²) >= 11 is 0. The zero-order valence-corrected chi connectivity index (χ0v) is 11.3. The van der Waals surface area contributed by atoms with Crippen molar-refractivity contribution in [1.82, 2.24) is 5.32 Å². The van der Waals surface area contributed by atoms with E-state index in [1.165, 1.54) is 6.07 Å². The van der Waals surface area contributed by atoms with Crippen LogP contribution in [0.2, 0.25) is 0 Å². The molecule has 1 N–H and O–H groups in total. The van der Waals surface area contributed by atoms with Crippen molar-refractivity contribution < 1.29 is 14.6 Å². The summed E-state index contributed by atoms with van der Waals surface area (Å²) in [6, 6.07) is 6.33. The van der Waals surface area contributed by atoms with Crippen molar-refractivity contribution in [3.8, 4) is 0 Å². The van der Waals surface area contributed by atoms with Crippen molar-refractivity contribution in [2.24, 2.45) is 11.1 Å². The second-order valence-corrected chi connectivity index (χ2v) is 5.30. The van der Waals surface area contributed by atoms with Crippen LogP contribution in [-0.4, -0.2) is 29.2 Å². The van der Waals surface area contributed by atoms with Crippen LogP contribution in [0.25, 0.3) is 0 Å². The minimum absolute atomic E-state index is 0.0288. The van der Waals surface area contributed by atoms with Crippen LogP contribution in [0.4, 0.5) is 5.69 Å². The minimum Gasteiger partial charge on any atom is -0.382 e. The highest BCUT2D eigenvalue weighted by molar-refractivity contribution is 6.06. The van der Waals surface area contributed by atoms with Crippen molar-refractivity contribution >= 4 is 17.3 Å². The molecule has 1 aliphatic heterocycles. The summed E-state index contributed by atoms with van der Waals surface area (Å²) in [6.45, 7) is 0.666. The predicted octanol–water partition coefficient (Wildman–Crippen LogP) is 1.61. The summed E-state index contributed by atoms with van der Waals surface area (Å²) in [6.07, 6.45) is 1.87. The summed E-state index contributed by atoms with van der Waals surface area (Å²) < 4.78 is 0. The van der Waals surface area contributed by atoms with Crippen LogP contribution in [0.15, 0.2) is 29.4 Å². The van der Waals surface area contributed by atoms with E-state index in [4.69, 9.17) is 4.84 Å². The maximum Gasteiger partial charge on any atom is 0.278 e. The number of nitro groups is 1. The molecule has 1 aromatic rings. The van der Waals surface area contributed by atoms with Crippen molar-refractivity contribution in [3.63, 3.8) is 0 Å². The fraction of sp³-hybridized carbons (Fsp3) is 0.429. The summed E-state index contributed by atoms with van der Waals surface area (Å²) in [4.78, 5) is 27.6. The molecule has 0 bridgehead atoms. The van der Waals surface area contributed by atoms with E-state index in [2.05, 4.69) is 10.5 Å². The van der Waals surface area contributed by atoms with Crippen LogP contribution < -0.4 is 5.32 Å². The minimum atomic E-state index is -0.696. The van der Waals surface area contributed by atoms with Crippen LogP contribution in [-0.2, 0) is 9.63 Å². The average Bonchev–Trinajstić information content (AvgIpc) is 3.19. The molecule has 21 heavy (non-hydrogen) atoms. The molecule has 0 spiro atoms. The third-order valence-electron chi connectivity index (χ3n) is 3.63. The van der Waals surface area contributed by atoms with E-state index in [-0.39, 0.29) is 18.0 Å². The van der Waals surface area contributed by atoms with Gasteiger partial charge in [-0.2, -0.15) is 0 Å². The van der Waals surface area contributed by atoms with Gasteiger partial charge in [0.05, 0.1) is 16.2 Å². The van der Waals surface area contributed by atoms with Crippen molar-refractivity contribution in [1.29, 1.82) is 0 Å². The van der Waals surface area contributed by atoms with E-state index in [0.29, 0.717) is 23.7 Å². The van der Waals surface area contributed by atoms with Crippen LogP contribution in [0.3, 0.4) is 0 Å². The molecule has 1 amide bonds. The summed E-state index contributed by atoms with van der Waals surface area (Å²) in [7, 11) is 0. The Morgan fingerprint density at radius 1 is 1.43 bits per heavy atom. The Labute approximate surface area is 121 Å². The number of nitrogens with one attached hydrogen (secondary N) is 1. The van der Waals surface area contributed by atoms with Crippen molar-refractivity contribution in [3.05, 3.63) is 39.9 Å². The van der Waals surface area contributed by atoms with Gasteiger partial charge in [0.15, 0.2) is 0 Å². The number of benzene rings is 1. The Hall–Kier alpha value is -2.44. The van der Waals surface area contributed by atoms with Gasteiger partial charge in [-0.05, 0) is 24.8 Å². The zero-order valence-electron chi connectivity index (χ0n) is 11.3. The number of carbonyl (C=O) groups excluding carboxylic acids is 1. The number of hydrogen-bond acceptors (Lipinski definition) is 5. The van der Waals surface area contributed by atoms with Gasteiger partial charge in [0.1, 0.15) is 0 Å². The van der Waals surface area contributed by atoms with E-state index < -0.39 is 11.0 Å². The fourth-order valence-corrected chi connectivity index (χ4v) is 2.23. The zero-order chi connectivity index (χ0) is 14.8. The lowest BCUT2D eigenvalue weighted by Crippen LogP contribution is -2.35. The van der Waals surface area contributed by atoms with Crippen LogP contribution in [0.1, 0.15) is 24.8 Å². The van der Waals surface area contributed by atoms with Gasteiger partial charge in [-0.15, -0.1) is 0 Å². The number of para-hydroxylation sites is 1. The lowest BCUT2D eigenvalue weighted by atomic mass is 10.0. The molecule has 110 valence electrons. The van der Waals surface area contributed by atoms with E-state index >= 15 is 0 Å². The molecule has 1 heterocycles. The number of nitrogens with zero attached hydrogens (tertiary/aromatic N) is 2. The highest BCUT2D eigenvalue weighted by Gasteiger charge is 2.32. The molecule has 0 aromatic heterocycles.